The van der Waals surface area contributed by atoms with Crippen LogP contribution < -0.4 is 20.5 Å². The smallest absolute Gasteiger partial charge is 0.343 e. The van der Waals surface area contributed by atoms with E-state index >= 15 is 0 Å². The van der Waals surface area contributed by atoms with E-state index < -0.39 is 41.5 Å². The first-order chi connectivity index (χ1) is 26.9. The minimum Gasteiger partial charge on any atom is -0.497 e. The van der Waals surface area contributed by atoms with Crippen LogP contribution >= 0.6 is 0 Å². The van der Waals surface area contributed by atoms with Gasteiger partial charge in [-0.25, -0.2) is 14.2 Å². The molecule has 0 bridgehead atoms. The predicted octanol–water partition coefficient (Wildman–Crippen LogP) is 3.46. The van der Waals surface area contributed by atoms with E-state index in [1.165, 1.54) is 17.1 Å². The molecule has 3 N–H and O–H groups in total. The van der Waals surface area contributed by atoms with Crippen molar-refractivity contribution in [2.45, 2.75) is 47.2 Å². The van der Waals surface area contributed by atoms with Crippen LogP contribution in [0.25, 0.3) is 0 Å². The number of amides is 1. The van der Waals surface area contributed by atoms with E-state index in [2.05, 4.69) is 25.0 Å². The van der Waals surface area contributed by atoms with E-state index in [-0.39, 0.29) is 37.6 Å². The van der Waals surface area contributed by atoms with E-state index in [1.807, 2.05) is 48.5 Å². The number of esters is 4. The highest BCUT2D eigenvalue weighted by Gasteiger charge is 2.42. The fourth-order valence-electron chi connectivity index (χ4n) is 4.96. The number of Topliss-reactive ketones (excluding diaryl/α,β-unsaturated/α-hetero) is 1. The second-order valence-corrected chi connectivity index (χ2v) is 11.4. The van der Waals surface area contributed by atoms with Crippen molar-refractivity contribution in [2.75, 3.05) is 51.7 Å². The van der Waals surface area contributed by atoms with Crippen molar-refractivity contribution in [3.63, 3.8) is 0 Å². The molecule has 0 radical (unpaired) electrons. The Kier molecular flexibility index (Phi) is 17.0. The lowest BCUT2D eigenvalue weighted by Crippen LogP contribution is -2.41. The van der Waals surface area contributed by atoms with Crippen molar-refractivity contribution in [3.8, 4) is 11.5 Å². The summed E-state index contributed by atoms with van der Waals surface area (Å²) >= 11 is 0. The molecule has 1 atom stereocenters. The minimum absolute atomic E-state index is 0.0967. The van der Waals surface area contributed by atoms with Gasteiger partial charge in [-0.1, -0.05) is 24.3 Å². The Morgan fingerprint density at radius 3 is 1.66 bits per heavy atom. The van der Waals surface area contributed by atoms with Crippen LogP contribution in [0.15, 0.2) is 60.9 Å². The van der Waals surface area contributed by atoms with Gasteiger partial charge in [0.1, 0.15) is 35.1 Å². The molecule has 0 fully saturated rings. The number of nitrogen functional groups attached to an aromatic ring is 1. The quantitative estimate of drug-likeness (QED) is 0.106. The number of benzene rings is 2. The third kappa shape index (κ3) is 12.2. The van der Waals surface area contributed by atoms with Crippen molar-refractivity contribution in [2.24, 2.45) is 5.92 Å². The molecule has 56 heavy (non-hydrogen) atoms. The number of fused-ring (bicyclic) bond motifs is 1. The topological polar surface area (TPSA) is 231 Å². The summed E-state index contributed by atoms with van der Waals surface area (Å²) < 4.78 is 32.0. The summed E-state index contributed by atoms with van der Waals surface area (Å²) in [6.45, 7) is 8.55. The molecule has 1 aliphatic rings. The lowest BCUT2D eigenvalue weighted by atomic mass is 9.95. The molecule has 2 aromatic heterocycles. The molecule has 2 aromatic carbocycles. The number of carbonyl (C=O) groups is 6. The third-order valence-electron chi connectivity index (χ3n) is 7.65. The molecule has 18 heteroatoms. The van der Waals surface area contributed by atoms with Gasteiger partial charge in [-0.05, 0) is 63.1 Å². The van der Waals surface area contributed by atoms with Gasteiger partial charge in [-0.15, -0.1) is 0 Å². The summed E-state index contributed by atoms with van der Waals surface area (Å²) in [6.07, 6.45) is 2.49. The molecule has 1 aliphatic heterocycles. The number of aromatic nitrogens is 4. The number of ketones is 1. The average Bonchev–Trinajstić information content (AvgIpc) is 3.75. The number of nitrogens with two attached hydrogens (primary N) is 1. The Morgan fingerprint density at radius 2 is 1.18 bits per heavy atom. The summed E-state index contributed by atoms with van der Waals surface area (Å²) in [5, 5.41) is 10.9. The van der Waals surface area contributed by atoms with Gasteiger partial charge in [0, 0.05) is 0 Å². The molecule has 4 aromatic rings. The average molecular weight is 779 g/mol. The molecule has 0 saturated heterocycles. The molecule has 0 aliphatic carbocycles. The van der Waals surface area contributed by atoms with Gasteiger partial charge >= 0.3 is 23.9 Å². The molecular weight excluding hydrogens is 732 g/mol. The van der Waals surface area contributed by atoms with E-state index in [1.54, 1.807) is 46.6 Å². The molecule has 0 saturated carbocycles. The summed E-state index contributed by atoms with van der Waals surface area (Å²) in [4.78, 5) is 69.3. The Labute approximate surface area is 323 Å². The van der Waals surface area contributed by atoms with Gasteiger partial charge in [-0.3, -0.25) is 24.0 Å². The SMILES string of the molecule is CCOC(=O)C1C(=O)Nc2c(cnn2Cc2ccc(OC)cc2)C1=O.CCOC(=O)CC(=O)OCC.CCOC(=O)c1cnn(Cc2ccc(OC)cc2)c1N. The molecule has 3 heterocycles. The molecule has 300 valence electrons. The number of methoxy groups -OCH3 is 2. The number of anilines is 2. The van der Waals surface area contributed by atoms with Crippen LogP contribution in [-0.2, 0) is 51.2 Å². The van der Waals surface area contributed by atoms with Crippen LogP contribution in [0.5, 0.6) is 11.5 Å². The first-order valence-corrected chi connectivity index (χ1v) is 17.5. The van der Waals surface area contributed by atoms with E-state index in [0.717, 1.165) is 22.6 Å². The fourth-order valence-corrected chi connectivity index (χ4v) is 4.96. The van der Waals surface area contributed by atoms with Crippen LogP contribution in [0.3, 0.4) is 0 Å². The maximum Gasteiger partial charge on any atom is 0.343 e. The number of nitrogens with one attached hydrogen (secondary N) is 1. The second kappa shape index (κ2) is 21.9. The predicted molar refractivity (Wildman–Crippen MR) is 200 cm³/mol. The monoisotopic (exact) mass is 778 g/mol. The minimum atomic E-state index is -1.48. The van der Waals surface area contributed by atoms with Crippen molar-refractivity contribution < 1.29 is 57.2 Å². The van der Waals surface area contributed by atoms with Crippen molar-refractivity contribution >= 4 is 47.2 Å². The van der Waals surface area contributed by atoms with Crippen LogP contribution in [0.4, 0.5) is 11.6 Å². The van der Waals surface area contributed by atoms with Gasteiger partial charge in [0.05, 0.1) is 71.7 Å². The maximum absolute atomic E-state index is 12.5. The Hall–Kier alpha value is -6.72. The largest absolute Gasteiger partial charge is 0.497 e. The van der Waals surface area contributed by atoms with E-state index in [9.17, 15) is 28.8 Å². The lowest BCUT2D eigenvalue weighted by Gasteiger charge is -2.20. The Balaban J connectivity index is 0.000000243. The highest BCUT2D eigenvalue weighted by atomic mass is 16.6. The zero-order valence-corrected chi connectivity index (χ0v) is 32.1. The van der Waals surface area contributed by atoms with Gasteiger partial charge in [0.15, 0.2) is 11.7 Å². The van der Waals surface area contributed by atoms with Gasteiger partial charge < -0.3 is 39.5 Å². The van der Waals surface area contributed by atoms with Crippen LogP contribution in [0.1, 0.15) is 66.0 Å². The number of nitrogens with zero attached hydrogens (tertiary/aromatic N) is 4. The summed E-state index contributed by atoms with van der Waals surface area (Å²) in [6, 6.07) is 14.9. The molecular formula is C38H46N6O12. The van der Waals surface area contributed by atoms with E-state index in [0.29, 0.717) is 31.1 Å². The van der Waals surface area contributed by atoms with Gasteiger partial charge in [0.2, 0.25) is 5.91 Å². The molecule has 1 unspecified atom stereocenters. The van der Waals surface area contributed by atoms with Gasteiger partial charge in [-0.2, -0.15) is 10.2 Å². The number of hydrogen-bond donors (Lipinski definition) is 2. The number of hydrogen-bond acceptors (Lipinski definition) is 15. The molecule has 1 amide bonds. The standard InChI is InChI=1S/C17H17N3O5.C14H17N3O3.C7H12O4/c1-3-25-17(23)13-14(21)12-8-18-20(15(12)19-16(13)22)9-10-4-6-11(24-2)7-5-10;1-3-20-14(18)12-8-16-17(13(12)15)9-10-4-6-11(19-2)7-5-10;1-3-10-6(8)5-7(9)11-4-2/h4-8,13H,3,9H2,1-2H3,(H,19,22);4-8H,3,9,15H2,1-2H3;3-5H2,1-2H3. The Morgan fingerprint density at radius 1 is 0.696 bits per heavy atom. The summed E-state index contributed by atoms with van der Waals surface area (Å²) in [5.41, 5.74) is 8.33. The zero-order chi connectivity index (χ0) is 41.2. The zero-order valence-electron chi connectivity index (χ0n) is 32.1. The fraction of sp³-hybridized carbons (Fsp3) is 0.368. The van der Waals surface area contributed by atoms with Crippen molar-refractivity contribution in [1.29, 1.82) is 0 Å². The third-order valence-corrected chi connectivity index (χ3v) is 7.65. The Bertz CT molecular complexity index is 1940. The normalized spacial score (nSPS) is 12.6. The molecule has 5 rings (SSSR count). The van der Waals surface area contributed by atoms with E-state index in [4.69, 9.17) is 24.7 Å². The first-order valence-electron chi connectivity index (χ1n) is 17.5. The van der Waals surface area contributed by atoms with Crippen LogP contribution in [0.2, 0.25) is 0 Å². The van der Waals surface area contributed by atoms with Crippen molar-refractivity contribution in [3.05, 3.63) is 83.2 Å². The van der Waals surface area contributed by atoms with Crippen molar-refractivity contribution in [1.82, 2.24) is 19.6 Å². The number of ether oxygens (including phenoxy) is 6. The van der Waals surface area contributed by atoms with Crippen LogP contribution in [-0.4, -0.2) is 95.8 Å². The maximum atomic E-state index is 12.5. The summed E-state index contributed by atoms with van der Waals surface area (Å²) in [5.74, 6) is -3.05. The lowest BCUT2D eigenvalue weighted by molar-refractivity contribution is -0.154. The first kappa shape index (κ1) is 43.7. The highest BCUT2D eigenvalue weighted by Crippen LogP contribution is 2.27. The summed E-state index contributed by atoms with van der Waals surface area (Å²) in [7, 11) is 3.20. The molecule has 18 nitrogen and oxygen atoms in total. The number of carbonyl (C=O) groups excluding carboxylic acids is 6. The number of rotatable bonds is 14. The highest BCUT2D eigenvalue weighted by molar-refractivity contribution is 6.29. The second-order valence-electron chi connectivity index (χ2n) is 11.4. The molecule has 0 spiro atoms. The van der Waals surface area contributed by atoms with Gasteiger partial charge in [0.25, 0.3) is 0 Å². The van der Waals surface area contributed by atoms with Crippen LogP contribution in [0, 0.1) is 5.92 Å².